The molecule has 1 N–H and O–H groups in total. The molecule has 110 valence electrons. The average molecular weight is 296 g/mol. The number of hydrogen-bond donors (Lipinski definition) is 1. The molecule has 2 aromatic rings. The Morgan fingerprint density at radius 2 is 1.43 bits per heavy atom. The van der Waals surface area contributed by atoms with E-state index in [9.17, 15) is 18.0 Å². The van der Waals surface area contributed by atoms with Crippen LogP contribution in [0, 0.1) is 0 Å². The molecule has 0 aliphatic rings. The highest BCUT2D eigenvalue weighted by Crippen LogP contribution is 2.26. The lowest BCUT2D eigenvalue weighted by Gasteiger charge is -2.09. The Hall–Kier alpha value is -2.50. The summed E-state index contributed by atoms with van der Waals surface area (Å²) >= 11 is 0. The molecular weight excluding hydrogens is 285 g/mol. The molecule has 0 saturated carbocycles. The van der Waals surface area contributed by atoms with Crippen LogP contribution >= 0.6 is 0 Å². The second kappa shape index (κ2) is 5.87. The van der Waals surface area contributed by atoms with Crippen molar-refractivity contribution < 1.29 is 27.8 Å². The summed E-state index contributed by atoms with van der Waals surface area (Å²) in [5.41, 5.74) is 2.15. The van der Waals surface area contributed by atoms with E-state index in [0.29, 0.717) is 11.1 Å². The van der Waals surface area contributed by atoms with E-state index in [1.165, 1.54) is 24.3 Å². The molecule has 0 spiro atoms. The van der Waals surface area contributed by atoms with Crippen molar-refractivity contribution in [2.45, 2.75) is 12.8 Å². The molecule has 0 heterocycles. The van der Waals surface area contributed by atoms with Gasteiger partial charge in [-0.15, -0.1) is 13.2 Å². The van der Waals surface area contributed by atoms with E-state index < -0.39 is 12.3 Å². The summed E-state index contributed by atoms with van der Waals surface area (Å²) in [6.07, 6.45) is -4.78. The monoisotopic (exact) mass is 296 g/mol. The predicted octanol–water partition coefficient (Wildman–Crippen LogP) is 3.88. The van der Waals surface area contributed by atoms with Crippen LogP contribution in [0.2, 0.25) is 0 Å². The Bertz CT molecular complexity index is 616. The van der Waals surface area contributed by atoms with Crippen molar-refractivity contribution in [1.82, 2.24) is 0 Å². The van der Waals surface area contributed by atoms with Crippen LogP contribution in [0.15, 0.2) is 48.5 Å². The summed E-state index contributed by atoms with van der Waals surface area (Å²) in [4.78, 5) is 10.6. The van der Waals surface area contributed by atoms with E-state index in [4.69, 9.17) is 5.11 Å². The Kier molecular flexibility index (Phi) is 4.16. The van der Waals surface area contributed by atoms with Crippen molar-refractivity contribution in [2.75, 3.05) is 0 Å². The van der Waals surface area contributed by atoms with Gasteiger partial charge in [0.1, 0.15) is 5.75 Å². The molecule has 2 rings (SSSR count). The van der Waals surface area contributed by atoms with Crippen LogP contribution in [-0.2, 0) is 11.2 Å². The molecule has 0 unspecified atom stereocenters. The maximum Gasteiger partial charge on any atom is 0.573 e. The fourth-order valence-electron chi connectivity index (χ4n) is 1.84. The number of alkyl halides is 3. The lowest BCUT2D eigenvalue weighted by Crippen LogP contribution is -2.16. The van der Waals surface area contributed by atoms with Crippen LogP contribution in [0.25, 0.3) is 11.1 Å². The first-order chi connectivity index (χ1) is 9.83. The molecule has 0 bridgehead atoms. The number of rotatable bonds is 4. The first-order valence-corrected chi connectivity index (χ1v) is 6.00. The molecule has 0 amide bonds. The van der Waals surface area contributed by atoms with Gasteiger partial charge in [-0.25, -0.2) is 0 Å². The predicted molar refractivity (Wildman–Crippen MR) is 69.9 cm³/mol. The number of ether oxygens (including phenoxy) is 1. The van der Waals surface area contributed by atoms with Crippen molar-refractivity contribution in [1.29, 1.82) is 0 Å². The molecule has 2 aromatic carbocycles. The third-order valence-electron chi connectivity index (χ3n) is 2.73. The standard InChI is InChI=1S/C15H11F3O3/c16-15(17,18)21-13-7-5-12(6-8-13)11-3-1-10(2-4-11)9-14(19)20/h1-8H,9H2,(H,19,20). The molecule has 0 aliphatic carbocycles. The van der Waals surface area contributed by atoms with Crippen molar-refractivity contribution in [3.63, 3.8) is 0 Å². The number of carboxylic acid groups (broad SMARTS) is 1. The van der Waals surface area contributed by atoms with E-state index >= 15 is 0 Å². The highest BCUT2D eigenvalue weighted by atomic mass is 19.4. The van der Waals surface area contributed by atoms with Gasteiger partial charge in [0.15, 0.2) is 0 Å². The zero-order chi connectivity index (χ0) is 15.5. The normalized spacial score (nSPS) is 11.2. The van der Waals surface area contributed by atoms with Crippen molar-refractivity contribution >= 4 is 5.97 Å². The van der Waals surface area contributed by atoms with Gasteiger partial charge < -0.3 is 9.84 Å². The summed E-state index contributed by atoms with van der Waals surface area (Å²) in [5.74, 6) is -1.20. The molecular formula is C15H11F3O3. The lowest BCUT2D eigenvalue weighted by molar-refractivity contribution is -0.274. The fraction of sp³-hybridized carbons (Fsp3) is 0.133. The topological polar surface area (TPSA) is 46.5 Å². The Labute approximate surface area is 118 Å². The molecule has 3 nitrogen and oxygen atoms in total. The van der Waals surface area contributed by atoms with Crippen molar-refractivity contribution in [3.8, 4) is 16.9 Å². The van der Waals surface area contributed by atoms with Crippen LogP contribution in [0.5, 0.6) is 5.75 Å². The van der Waals surface area contributed by atoms with Gasteiger partial charge in [-0.05, 0) is 28.8 Å². The average Bonchev–Trinajstić information content (AvgIpc) is 2.38. The summed E-state index contributed by atoms with van der Waals surface area (Å²) in [5, 5.41) is 8.67. The van der Waals surface area contributed by atoms with Gasteiger partial charge in [-0.3, -0.25) is 4.79 Å². The number of carbonyl (C=O) groups is 1. The Balaban J connectivity index is 2.13. The number of benzene rings is 2. The molecule has 0 radical (unpaired) electrons. The molecule has 0 aliphatic heterocycles. The van der Waals surface area contributed by atoms with E-state index in [1.54, 1.807) is 24.3 Å². The quantitative estimate of drug-likeness (QED) is 0.931. The van der Waals surface area contributed by atoms with Gasteiger partial charge in [-0.1, -0.05) is 36.4 Å². The minimum Gasteiger partial charge on any atom is -0.481 e. The Morgan fingerprint density at radius 3 is 1.86 bits per heavy atom. The van der Waals surface area contributed by atoms with Gasteiger partial charge in [0.2, 0.25) is 0 Å². The number of halogens is 3. The molecule has 0 aromatic heterocycles. The first-order valence-electron chi connectivity index (χ1n) is 6.00. The summed E-state index contributed by atoms with van der Waals surface area (Å²) in [6.45, 7) is 0. The van der Waals surface area contributed by atoms with Gasteiger partial charge in [0.05, 0.1) is 6.42 Å². The number of carboxylic acids is 1. The maximum absolute atomic E-state index is 12.0. The van der Waals surface area contributed by atoms with E-state index in [1.807, 2.05) is 0 Å². The van der Waals surface area contributed by atoms with E-state index in [0.717, 1.165) is 5.56 Å². The zero-order valence-corrected chi connectivity index (χ0v) is 10.7. The molecule has 0 saturated heterocycles. The molecule has 0 fully saturated rings. The van der Waals surface area contributed by atoms with Crippen molar-refractivity contribution in [3.05, 3.63) is 54.1 Å². The lowest BCUT2D eigenvalue weighted by atomic mass is 10.0. The third kappa shape index (κ3) is 4.52. The third-order valence-corrected chi connectivity index (χ3v) is 2.73. The van der Waals surface area contributed by atoms with Gasteiger partial charge in [-0.2, -0.15) is 0 Å². The zero-order valence-electron chi connectivity index (χ0n) is 10.7. The first kappa shape index (κ1) is 14.9. The maximum atomic E-state index is 12.0. The van der Waals surface area contributed by atoms with Gasteiger partial charge in [0, 0.05) is 0 Å². The second-order valence-electron chi connectivity index (χ2n) is 4.34. The minimum absolute atomic E-state index is 0.0708. The summed E-state index contributed by atoms with van der Waals surface area (Å²) < 4.78 is 39.9. The fourth-order valence-corrected chi connectivity index (χ4v) is 1.84. The van der Waals surface area contributed by atoms with Crippen LogP contribution < -0.4 is 4.74 Å². The smallest absolute Gasteiger partial charge is 0.481 e. The summed E-state index contributed by atoms with van der Waals surface area (Å²) in [6, 6.07) is 12.3. The van der Waals surface area contributed by atoms with E-state index in [2.05, 4.69) is 4.74 Å². The SMILES string of the molecule is O=C(O)Cc1ccc(-c2ccc(OC(F)(F)F)cc2)cc1. The highest BCUT2D eigenvalue weighted by Gasteiger charge is 2.30. The molecule has 0 atom stereocenters. The highest BCUT2D eigenvalue weighted by molar-refractivity contribution is 5.71. The number of hydrogen-bond acceptors (Lipinski definition) is 2. The number of aliphatic carboxylic acids is 1. The van der Waals surface area contributed by atoms with Crippen LogP contribution in [0.1, 0.15) is 5.56 Å². The Morgan fingerprint density at radius 1 is 0.952 bits per heavy atom. The van der Waals surface area contributed by atoms with E-state index in [-0.39, 0.29) is 12.2 Å². The van der Waals surface area contributed by atoms with Crippen LogP contribution in [0.4, 0.5) is 13.2 Å². The second-order valence-corrected chi connectivity index (χ2v) is 4.34. The summed E-state index contributed by atoms with van der Waals surface area (Å²) in [7, 11) is 0. The molecule has 21 heavy (non-hydrogen) atoms. The molecule has 6 heteroatoms. The van der Waals surface area contributed by atoms with Crippen LogP contribution in [-0.4, -0.2) is 17.4 Å². The van der Waals surface area contributed by atoms with Crippen LogP contribution in [0.3, 0.4) is 0 Å². The minimum atomic E-state index is -4.71. The van der Waals surface area contributed by atoms with Gasteiger partial charge in [0.25, 0.3) is 0 Å². The largest absolute Gasteiger partial charge is 0.573 e. The van der Waals surface area contributed by atoms with Crippen molar-refractivity contribution in [2.24, 2.45) is 0 Å². The van der Waals surface area contributed by atoms with Gasteiger partial charge >= 0.3 is 12.3 Å².